The first kappa shape index (κ1) is 21.9. The molecular formula is C27H34N2O. The summed E-state index contributed by atoms with van der Waals surface area (Å²) in [6.07, 6.45) is 10.8. The molecule has 0 saturated carbocycles. The average Bonchev–Trinajstić information content (AvgIpc) is 2.73. The third kappa shape index (κ3) is 3.81. The molecule has 3 nitrogen and oxygen atoms in total. The molecule has 0 saturated heterocycles. The fourth-order valence-corrected chi connectivity index (χ4v) is 4.48. The zero-order valence-corrected chi connectivity index (χ0v) is 19.0. The molecule has 1 N–H and O–H groups in total. The van der Waals surface area contributed by atoms with Crippen molar-refractivity contribution in [1.29, 1.82) is 5.41 Å². The predicted molar refractivity (Wildman–Crippen MR) is 129 cm³/mol. The molecule has 1 unspecified atom stereocenters. The van der Waals surface area contributed by atoms with Crippen molar-refractivity contribution < 1.29 is 4.74 Å². The van der Waals surface area contributed by atoms with Crippen molar-refractivity contribution in [2.24, 2.45) is 5.92 Å². The van der Waals surface area contributed by atoms with Crippen LogP contribution in [0.15, 0.2) is 60.4 Å². The van der Waals surface area contributed by atoms with Gasteiger partial charge in [0.2, 0.25) is 0 Å². The van der Waals surface area contributed by atoms with Crippen LogP contribution in [-0.2, 0) is 6.42 Å². The van der Waals surface area contributed by atoms with Gasteiger partial charge in [-0.05, 0) is 71.7 Å². The molecule has 2 aliphatic rings. The van der Waals surface area contributed by atoms with E-state index in [2.05, 4.69) is 63.2 Å². The van der Waals surface area contributed by atoms with E-state index in [0.717, 1.165) is 47.3 Å². The molecule has 3 rings (SSSR count). The molecule has 0 aliphatic carbocycles. The highest BCUT2D eigenvalue weighted by Crippen LogP contribution is 2.44. The Bertz CT molecular complexity index is 975. The van der Waals surface area contributed by atoms with Crippen LogP contribution >= 0.6 is 0 Å². The molecule has 1 aromatic rings. The molecule has 3 heteroatoms. The second kappa shape index (κ2) is 8.91. The van der Waals surface area contributed by atoms with Crippen molar-refractivity contribution in [2.75, 3.05) is 7.11 Å². The molecule has 1 atom stereocenters. The van der Waals surface area contributed by atoms with Crippen LogP contribution in [0, 0.1) is 11.3 Å². The van der Waals surface area contributed by atoms with Gasteiger partial charge in [0.1, 0.15) is 5.75 Å². The van der Waals surface area contributed by atoms with Crippen LogP contribution in [0.1, 0.15) is 57.2 Å². The van der Waals surface area contributed by atoms with Gasteiger partial charge in [-0.1, -0.05) is 46.4 Å². The summed E-state index contributed by atoms with van der Waals surface area (Å²) >= 11 is 0. The maximum atomic E-state index is 7.79. The molecule has 30 heavy (non-hydrogen) atoms. The lowest BCUT2D eigenvalue weighted by molar-refractivity contribution is 0.284. The summed E-state index contributed by atoms with van der Waals surface area (Å²) in [5, 5.41) is 7.79. The van der Waals surface area contributed by atoms with E-state index < -0.39 is 0 Å². The van der Waals surface area contributed by atoms with E-state index in [0.29, 0.717) is 12.0 Å². The number of hydrogen-bond acceptors (Lipinski definition) is 3. The van der Waals surface area contributed by atoms with Crippen LogP contribution in [0.5, 0.6) is 5.75 Å². The molecule has 0 fully saturated rings. The Morgan fingerprint density at radius 3 is 2.67 bits per heavy atom. The molecule has 0 amide bonds. The zero-order chi connectivity index (χ0) is 22.0. The highest BCUT2D eigenvalue weighted by atomic mass is 16.5. The number of rotatable bonds is 7. The number of benzene rings is 1. The number of nitrogens with one attached hydrogen (secondary N) is 1. The minimum atomic E-state index is 0.358. The first-order chi connectivity index (χ1) is 14.4. The van der Waals surface area contributed by atoms with E-state index in [9.17, 15) is 0 Å². The van der Waals surface area contributed by atoms with Crippen LogP contribution in [0.3, 0.4) is 0 Å². The van der Waals surface area contributed by atoms with Crippen LogP contribution < -0.4 is 4.74 Å². The number of methoxy groups -OCH3 is 1. The Morgan fingerprint density at radius 2 is 2.10 bits per heavy atom. The van der Waals surface area contributed by atoms with E-state index in [1.807, 2.05) is 13.0 Å². The molecule has 0 bridgehead atoms. The van der Waals surface area contributed by atoms with Crippen LogP contribution in [0.4, 0.5) is 0 Å². The molecule has 2 heterocycles. The van der Waals surface area contributed by atoms with E-state index in [4.69, 9.17) is 10.1 Å². The van der Waals surface area contributed by atoms with E-state index in [1.54, 1.807) is 7.11 Å². The Morgan fingerprint density at radius 1 is 1.37 bits per heavy atom. The third-order valence-corrected chi connectivity index (χ3v) is 6.17. The lowest BCUT2D eigenvalue weighted by Gasteiger charge is -2.43. The van der Waals surface area contributed by atoms with Crippen molar-refractivity contribution in [1.82, 2.24) is 4.90 Å². The second-order valence-electron chi connectivity index (χ2n) is 8.47. The van der Waals surface area contributed by atoms with Gasteiger partial charge in [-0.3, -0.25) is 0 Å². The van der Waals surface area contributed by atoms with Crippen molar-refractivity contribution in [3.05, 3.63) is 77.1 Å². The Kier molecular flexibility index (Phi) is 6.50. The first-order valence-corrected chi connectivity index (χ1v) is 10.8. The summed E-state index contributed by atoms with van der Waals surface area (Å²) < 4.78 is 5.73. The summed E-state index contributed by atoms with van der Waals surface area (Å²) in [5.41, 5.74) is 8.85. The number of hydrogen-bond donors (Lipinski definition) is 1. The molecule has 0 spiro atoms. The van der Waals surface area contributed by atoms with Crippen molar-refractivity contribution in [2.45, 2.75) is 53.0 Å². The van der Waals surface area contributed by atoms with Crippen LogP contribution in [0.2, 0.25) is 0 Å². The summed E-state index contributed by atoms with van der Waals surface area (Å²) in [4.78, 5) is 2.42. The van der Waals surface area contributed by atoms with Crippen LogP contribution in [0.25, 0.3) is 11.3 Å². The van der Waals surface area contributed by atoms with Gasteiger partial charge in [-0.25, -0.2) is 0 Å². The topological polar surface area (TPSA) is 36.3 Å². The summed E-state index contributed by atoms with van der Waals surface area (Å²) in [7, 11) is 1.70. The highest BCUT2D eigenvalue weighted by molar-refractivity contribution is 6.09. The normalized spacial score (nSPS) is 18.5. The number of ether oxygens (including phenoxy) is 1. The Labute approximate surface area is 181 Å². The average molecular weight is 403 g/mol. The van der Waals surface area contributed by atoms with E-state index in [1.165, 1.54) is 28.6 Å². The lowest BCUT2D eigenvalue weighted by atomic mass is 9.81. The summed E-state index contributed by atoms with van der Waals surface area (Å²) in [6, 6.07) is 4.69. The predicted octanol–water partition coefficient (Wildman–Crippen LogP) is 6.78. The van der Waals surface area contributed by atoms with Gasteiger partial charge in [-0.15, -0.1) is 0 Å². The summed E-state index contributed by atoms with van der Waals surface area (Å²) in [6.45, 7) is 17.4. The van der Waals surface area contributed by atoms with Crippen LogP contribution in [-0.4, -0.2) is 24.3 Å². The highest BCUT2D eigenvalue weighted by Gasteiger charge is 2.34. The smallest absolute Gasteiger partial charge is 0.127 e. The van der Waals surface area contributed by atoms with Gasteiger partial charge < -0.3 is 15.0 Å². The van der Waals surface area contributed by atoms with E-state index >= 15 is 0 Å². The maximum absolute atomic E-state index is 7.79. The minimum Gasteiger partial charge on any atom is -0.496 e. The van der Waals surface area contributed by atoms with Crippen molar-refractivity contribution in [3.63, 3.8) is 0 Å². The standard InChI is InChI=1S/C27H34N2O/c1-8-10-18(5)24-16-29-25(17(3)4)13-21-12-23(20(9-2)15-28)27(30-7)14-22(21)26(29)11-19(24)6/h9,11-12,14-17,25,28H,5-6,8,10,13H2,1-4,7H3/b20-9+,28-15?. The maximum Gasteiger partial charge on any atom is 0.127 e. The number of allylic oxidation sites excluding steroid dienone is 6. The van der Waals surface area contributed by atoms with Gasteiger partial charge in [0.15, 0.2) is 0 Å². The number of fused-ring (bicyclic) bond motifs is 3. The molecule has 1 aromatic carbocycles. The fraction of sp³-hybridized carbons (Fsp3) is 0.370. The third-order valence-electron chi connectivity index (χ3n) is 6.17. The molecule has 0 aromatic heterocycles. The SMILES string of the molecule is C=C1C=C2c3cc(OC)c(/C(C=N)=C/C)cc3CC(C(C)C)N2C=C1C(=C)CCC. The van der Waals surface area contributed by atoms with Gasteiger partial charge in [-0.2, -0.15) is 0 Å². The largest absolute Gasteiger partial charge is 0.496 e. The zero-order valence-electron chi connectivity index (χ0n) is 19.0. The minimum absolute atomic E-state index is 0.358. The Balaban J connectivity index is 2.17. The van der Waals surface area contributed by atoms with Crippen molar-refractivity contribution in [3.8, 4) is 5.75 Å². The van der Waals surface area contributed by atoms with Gasteiger partial charge in [0, 0.05) is 35.3 Å². The van der Waals surface area contributed by atoms with Crippen molar-refractivity contribution >= 4 is 17.5 Å². The van der Waals surface area contributed by atoms with Gasteiger partial charge in [0.25, 0.3) is 0 Å². The van der Waals surface area contributed by atoms with E-state index in [-0.39, 0.29) is 0 Å². The monoisotopic (exact) mass is 402 g/mol. The number of nitrogens with zero attached hydrogens (tertiary/aromatic N) is 1. The molecular weight excluding hydrogens is 368 g/mol. The summed E-state index contributed by atoms with van der Waals surface area (Å²) in [5.74, 6) is 1.28. The van der Waals surface area contributed by atoms with Gasteiger partial charge >= 0.3 is 0 Å². The Hall–Kier alpha value is -2.81. The first-order valence-electron chi connectivity index (χ1n) is 10.8. The lowest BCUT2D eigenvalue weighted by Crippen LogP contribution is -2.41. The molecule has 2 aliphatic heterocycles. The second-order valence-corrected chi connectivity index (χ2v) is 8.47. The van der Waals surface area contributed by atoms with Gasteiger partial charge in [0.05, 0.1) is 7.11 Å². The fourth-order valence-electron chi connectivity index (χ4n) is 4.48. The molecule has 158 valence electrons. The quantitative estimate of drug-likeness (QED) is 0.510. The molecule has 0 radical (unpaired) electrons.